The number of anilines is 2. The summed E-state index contributed by atoms with van der Waals surface area (Å²) in [6.45, 7) is 7.98. The van der Waals surface area contributed by atoms with Crippen molar-refractivity contribution in [2.75, 3.05) is 11.1 Å². The Hall–Kier alpha value is -2.16. The van der Waals surface area contributed by atoms with E-state index >= 15 is 0 Å². The Labute approximate surface area is 139 Å². The van der Waals surface area contributed by atoms with Crippen LogP contribution in [0.4, 0.5) is 15.7 Å². The van der Waals surface area contributed by atoms with Crippen LogP contribution in [0.1, 0.15) is 56.3 Å². The fraction of sp³-hybridized carbons (Fsp3) is 0.571. The van der Waals surface area contributed by atoms with Crippen LogP contribution in [0.15, 0.2) is 6.20 Å². The van der Waals surface area contributed by atoms with Crippen LogP contribution in [0.25, 0.3) is 0 Å². The van der Waals surface area contributed by atoms with Crippen molar-refractivity contribution in [2.24, 2.45) is 0 Å². The standard InChI is InChI=1S/C14H23N7OS/c1-5-10(6-2)21-11(8(3)7-16-21)18-14(22)17-9(4)12-19-20-13(15)23-12/h7,9-10H,5-6H2,1-4H3,(H2,15,20)(H2,17,18,22)/t9-/m0/s1. The van der Waals surface area contributed by atoms with Crippen molar-refractivity contribution in [2.45, 2.75) is 52.6 Å². The second-order valence-corrected chi connectivity index (χ2v) is 6.43. The second kappa shape index (κ2) is 7.40. The molecule has 9 heteroatoms. The van der Waals surface area contributed by atoms with Gasteiger partial charge in [0.25, 0.3) is 0 Å². The summed E-state index contributed by atoms with van der Waals surface area (Å²) in [5.41, 5.74) is 6.50. The maximum Gasteiger partial charge on any atom is 0.320 e. The maximum absolute atomic E-state index is 12.3. The predicted octanol–water partition coefficient (Wildman–Crippen LogP) is 2.87. The molecule has 0 saturated carbocycles. The Bertz CT molecular complexity index is 662. The molecule has 0 saturated heterocycles. The number of hydrogen-bond acceptors (Lipinski definition) is 6. The smallest absolute Gasteiger partial charge is 0.320 e. The highest BCUT2D eigenvalue weighted by molar-refractivity contribution is 7.15. The predicted molar refractivity (Wildman–Crippen MR) is 91.5 cm³/mol. The highest BCUT2D eigenvalue weighted by Crippen LogP contribution is 2.24. The van der Waals surface area contributed by atoms with E-state index in [-0.39, 0.29) is 18.1 Å². The van der Waals surface area contributed by atoms with Gasteiger partial charge in [-0.2, -0.15) is 5.10 Å². The molecule has 4 N–H and O–H groups in total. The third kappa shape index (κ3) is 3.98. The number of aryl methyl sites for hydroxylation is 1. The number of nitrogens with two attached hydrogens (primary N) is 1. The van der Waals surface area contributed by atoms with Crippen LogP contribution in [0.2, 0.25) is 0 Å². The van der Waals surface area contributed by atoms with E-state index in [2.05, 4.69) is 39.8 Å². The van der Waals surface area contributed by atoms with E-state index in [0.717, 1.165) is 24.2 Å². The summed E-state index contributed by atoms with van der Waals surface area (Å²) in [7, 11) is 0. The molecule has 2 amide bonds. The van der Waals surface area contributed by atoms with E-state index in [4.69, 9.17) is 5.73 Å². The first-order valence-electron chi connectivity index (χ1n) is 7.66. The molecule has 0 fully saturated rings. The van der Waals surface area contributed by atoms with Gasteiger partial charge in [0.05, 0.1) is 18.3 Å². The van der Waals surface area contributed by atoms with Crippen LogP contribution in [-0.4, -0.2) is 26.0 Å². The number of nitrogens with one attached hydrogen (secondary N) is 2. The van der Waals surface area contributed by atoms with Gasteiger partial charge in [0.15, 0.2) is 0 Å². The lowest BCUT2D eigenvalue weighted by Gasteiger charge is -2.18. The molecule has 8 nitrogen and oxygen atoms in total. The topological polar surface area (TPSA) is 111 Å². The average molecular weight is 337 g/mol. The third-order valence-electron chi connectivity index (χ3n) is 3.67. The van der Waals surface area contributed by atoms with Crippen molar-refractivity contribution in [3.05, 3.63) is 16.8 Å². The fourth-order valence-electron chi connectivity index (χ4n) is 2.34. The van der Waals surface area contributed by atoms with Gasteiger partial charge in [0, 0.05) is 5.56 Å². The Morgan fingerprint density at radius 3 is 2.65 bits per heavy atom. The Balaban J connectivity index is 2.07. The second-order valence-electron chi connectivity index (χ2n) is 5.39. The van der Waals surface area contributed by atoms with Gasteiger partial charge in [0.2, 0.25) is 5.13 Å². The lowest BCUT2D eigenvalue weighted by Crippen LogP contribution is -2.32. The summed E-state index contributed by atoms with van der Waals surface area (Å²) < 4.78 is 1.88. The van der Waals surface area contributed by atoms with Crippen LogP contribution in [0.3, 0.4) is 0 Å². The van der Waals surface area contributed by atoms with Gasteiger partial charge in [-0.15, -0.1) is 10.2 Å². The first-order valence-corrected chi connectivity index (χ1v) is 8.48. The van der Waals surface area contributed by atoms with Crippen molar-refractivity contribution in [3.63, 3.8) is 0 Å². The van der Waals surface area contributed by atoms with Crippen LogP contribution in [0.5, 0.6) is 0 Å². The van der Waals surface area contributed by atoms with Gasteiger partial charge in [-0.25, -0.2) is 9.48 Å². The summed E-state index contributed by atoms with van der Waals surface area (Å²) in [4.78, 5) is 12.3. The lowest BCUT2D eigenvalue weighted by molar-refractivity contribution is 0.249. The Kier molecular flexibility index (Phi) is 5.54. The number of rotatable bonds is 6. The molecule has 23 heavy (non-hydrogen) atoms. The van der Waals surface area contributed by atoms with Gasteiger partial charge in [0.1, 0.15) is 10.8 Å². The zero-order valence-corrected chi connectivity index (χ0v) is 14.6. The van der Waals surface area contributed by atoms with E-state index in [1.54, 1.807) is 6.20 Å². The lowest BCUT2D eigenvalue weighted by atomic mass is 10.2. The van der Waals surface area contributed by atoms with Crippen LogP contribution in [-0.2, 0) is 0 Å². The molecule has 2 aromatic heterocycles. The van der Waals surface area contributed by atoms with Crippen molar-refractivity contribution < 1.29 is 4.79 Å². The van der Waals surface area contributed by atoms with Gasteiger partial charge in [-0.1, -0.05) is 25.2 Å². The molecule has 2 rings (SSSR count). The summed E-state index contributed by atoms with van der Waals surface area (Å²) >= 11 is 1.26. The van der Waals surface area contributed by atoms with Gasteiger partial charge in [-0.3, -0.25) is 5.32 Å². The van der Waals surface area contributed by atoms with E-state index in [9.17, 15) is 4.79 Å². The SMILES string of the molecule is CCC(CC)n1ncc(C)c1NC(=O)N[C@@H](C)c1nnc(N)s1. The average Bonchev–Trinajstić information content (AvgIpc) is 3.09. The largest absolute Gasteiger partial charge is 0.374 e. The van der Waals surface area contributed by atoms with E-state index in [0.29, 0.717) is 10.1 Å². The fourth-order valence-corrected chi connectivity index (χ4v) is 2.95. The van der Waals surface area contributed by atoms with Crippen molar-refractivity contribution in [1.29, 1.82) is 0 Å². The summed E-state index contributed by atoms with van der Waals surface area (Å²) in [6, 6.07) is -0.309. The molecule has 0 aliphatic heterocycles. The maximum atomic E-state index is 12.3. The quantitative estimate of drug-likeness (QED) is 0.750. The summed E-state index contributed by atoms with van der Waals surface area (Å²) in [6.07, 6.45) is 3.67. The van der Waals surface area contributed by atoms with E-state index in [1.807, 2.05) is 18.5 Å². The number of hydrogen-bond donors (Lipinski definition) is 3. The van der Waals surface area contributed by atoms with Crippen LogP contribution < -0.4 is 16.4 Å². The van der Waals surface area contributed by atoms with Gasteiger partial charge in [-0.05, 0) is 26.7 Å². The molecule has 0 bridgehead atoms. The molecule has 0 radical (unpaired) electrons. The Morgan fingerprint density at radius 1 is 1.39 bits per heavy atom. The Morgan fingerprint density at radius 2 is 2.09 bits per heavy atom. The van der Waals surface area contributed by atoms with E-state index in [1.165, 1.54) is 11.3 Å². The van der Waals surface area contributed by atoms with Crippen LogP contribution in [0, 0.1) is 6.92 Å². The number of nitrogens with zero attached hydrogens (tertiary/aromatic N) is 4. The molecule has 2 aromatic rings. The van der Waals surface area contributed by atoms with Gasteiger partial charge >= 0.3 is 6.03 Å². The molecule has 0 aliphatic carbocycles. The van der Waals surface area contributed by atoms with Gasteiger partial charge < -0.3 is 11.1 Å². The molecule has 0 aromatic carbocycles. The third-order valence-corrected chi connectivity index (χ3v) is 4.61. The first-order chi connectivity index (χ1) is 11.0. The minimum absolute atomic E-state index is 0.263. The molecule has 0 spiro atoms. The summed E-state index contributed by atoms with van der Waals surface area (Å²) in [5.74, 6) is 0.722. The van der Waals surface area contributed by atoms with Crippen molar-refractivity contribution in [1.82, 2.24) is 25.3 Å². The number of aromatic nitrogens is 4. The molecular weight excluding hydrogens is 314 g/mol. The number of carbonyl (C=O) groups excluding carboxylic acids is 1. The number of carbonyl (C=O) groups is 1. The van der Waals surface area contributed by atoms with Crippen molar-refractivity contribution in [3.8, 4) is 0 Å². The van der Waals surface area contributed by atoms with E-state index < -0.39 is 0 Å². The number of amides is 2. The number of nitrogen functional groups attached to an aromatic ring is 1. The highest BCUT2D eigenvalue weighted by atomic mass is 32.1. The molecule has 126 valence electrons. The first kappa shape index (κ1) is 17.2. The normalized spacial score (nSPS) is 12.4. The molecular formula is C14H23N7OS. The molecule has 1 atom stereocenters. The summed E-state index contributed by atoms with van der Waals surface area (Å²) in [5, 5.41) is 18.9. The minimum atomic E-state index is -0.304. The van der Waals surface area contributed by atoms with Crippen molar-refractivity contribution >= 4 is 28.3 Å². The monoisotopic (exact) mass is 337 g/mol. The minimum Gasteiger partial charge on any atom is -0.374 e. The molecule has 0 unspecified atom stereocenters. The molecule has 2 heterocycles. The number of urea groups is 1. The molecule has 0 aliphatic rings. The zero-order valence-electron chi connectivity index (χ0n) is 13.8. The highest BCUT2D eigenvalue weighted by Gasteiger charge is 2.18. The van der Waals surface area contributed by atoms with Crippen LogP contribution >= 0.6 is 11.3 Å². The zero-order chi connectivity index (χ0) is 17.0.